The number of aliphatic hydroxyl groups is 1. The minimum absolute atomic E-state index is 0.0237. The Morgan fingerprint density at radius 3 is 1.36 bits per heavy atom. The lowest BCUT2D eigenvalue weighted by atomic mass is 10.1. The zero-order valence-electron chi connectivity index (χ0n) is 18.5. The molecule has 0 atom stereocenters. The van der Waals surface area contributed by atoms with Crippen molar-refractivity contribution in [2.24, 2.45) is 11.8 Å². The van der Waals surface area contributed by atoms with E-state index in [0.29, 0.717) is 59.1 Å². The number of hydrogen-bond acceptors (Lipinski definition) is 7. The van der Waals surface area contributed by atoms with Crippen LogP contribution in [-0.2, 0) is 28.5 Å². The van der Waals surface area contributed by atoms with E-state index in [9.17, 15) is 9.59 Å². The predicted octanol–water partition coefficient (Wildman–Crippen LogP) is 2.67. The topological polar surface area (TPSA) is 91.3 Å². The Morgan fingerprint density at radius 2 is 1.00 bits per heavy atom. The van der Waals surface area contributed by atoms with Crippen LogP contribution in [0.15, 0.2) is 0 Å². The second-order valence-electron chi connectivity index (χ2n) is 6.92. The highest BCUT2D eigenvalue weighted by Crippen LogP contribution is 1.99. The van der Waals surface area contributed by atoms with Gasteiger partial charge < -0.3 is 24.1 Å². The molecule has 0 amide bonds. The zero-order valence-corrected chi connectivity index (χ0v) is 18.5. The normalized spacial score (nSPS) is 10.9. The van der Waals surface area contributed by atoms with E-state index in [1.807, 2.05) is 27.7 Å². The van der Waals surface area contributed by atoms with Crippen molar-refractivity contribution in [3.8, 4) is 0 Å². The van der Waals surface area contributed by atoms with E-state index >= 15 is 0 Å². The van der Waals surface area contributed by atoms with Gasteiger partial charge in [0, 0.05) is 31.3 Å². The van der Waals surface area contributed by atoms with Crippen LogP contribution in [0.4, 0.5) is 0 Å². The van der Waals surface area contributed by atoms with Crippen LogP contribution in [0.1, 0.15) is 53.9 Å². The number of ether oxygens (including phenoxy) is 4. The van der Waals surface area contributed by atoms with E-state index in [1.165, 1.54) is 0 Å². The lowest BCUT2D eigenvalue weighted by Crippen LogP contribution is -2.13. The van der Waals surface area contributed by atoms with Crippen molar-refractivity contribution >= 4 is 11.6 Å². The molecule has 0 unspecified atom stereocenters. The second-order valence-corrected chi connectivity index (χ2v) is 6.92. The molecule has 7 nitrogen and oxygen atoms in total. The van der Waals surface area contributed by atoms with E-state index in [1.54, 1.807) is 0 Å². The van der Waals surface area contributed by atoms with Gasteiger partial charge in [-0.15, -0.1) is 0 Å². The number of Topliss-reactive ketones (excluding diaryl/α,β-unsaturated/α-hetero) is 2. The summed E-state index contributed by atoms with van der Waals surface area (Å²) in [6, 6.07) is 0. The first-order valence-corrected chi connectivity index (χ1v) is 10.3. The van der Waals surface area contributed by atoms with Gasteiger partial charge in [0.15, 0.2) is 0 Å². The molecule has 0 radical (unpaired) electrons. The van der Waals surface area contributed by atoms with E-state index in [0.717, 1.165) is 13.0 Å². The van der Waals surface area contributed by atoms with E-state index in [2.05, 4.69) is 6.92 Å². The third kappa shape index (κ3) is 23.2. The Bertz CT molecular complexity index is 357. The Labute approximate surface area is 171 Å². The molecule has 7 heteroatoms. The van der Waals surface area contributed by atoms with Crippen LogP contribution >= 0.6 is 0 Å². The van der Waals surface area contributed by atoms with Gasteiger partial charge in [0.05, 0.1) is 52.9 Å². The standard InChI is InChI=1S/C13H26O4.C8H16O3/c1-4-6-15-8-10-17-11-9-16-7-5-13(14)12(2)3;1-7(2)8(10)3-5-11-6-4-9/h12H,4-11H2,1-3H3;7,9H,3-6H2,1-2H3. The van der Waals surface area contributed by atoms with Gasteiger partial charge in [0.1, 0.15) is 11.6 Å². The third-order valence-corrected chi connectivity index (χ3v) is 3.60. The largest absolute Gasteiger partial charge is 0.394 e. The molecule has 0 heterocycles. The van der Waals surface area contributed by atoms with Crippen LogP contribution < -0.4 is 0 Å². The van der Waals surface area contributed by atoms with Crippen LogP contribution in [0, 0.1) is 11.8 Å². The Morgan fingerprint density at radius 1 is 0.643 bits per heavy atom. The first kappa shape index (κ1) is 29.3. The number of carbonyl (C=O) groups is 2. The number of rotatable bonds is 18. The summed E-state index contributed by atoms with van der Waals surface area (Å²) in [6.07, 6.45) is 1.99. The summed E-state index contributed by atoms with van der Waals surface area (Å²) in [4.78, 5) is 22.2. The molecule has 0 fully saturated rings. The maximum absolute atomic E-state index is 11.3. The molecule has 168 valence electrons. The minimum Gasteiger partial charge on any atom is -0.394 e. The summed E-state index contributed by atoms with van der Waals surface area (Å²) in [7, 11) is 0. The molecule has 0 aliphatic rings. The van der Waals surface area contributed by atoms with Crippen molar-refractivity contribution in [3.63, 3.8) is 0 Å². The average Bonchev–Trinajstić information content (AvgIpc) is 2.66. The highest BCUT2D eigenvalue weighted by molar-refractivity contribution is 5.80. The molecule has 0 saturated heterocycles. The van der Waals surface area contributed by atoms with Gasteiger partial charge in [-0.3, -0.25) is 9.59 Å². The number of ketones is 2. The van der Waals surface area contributed by atoms with Gasteiger partial charge in [0.2, 0.25) is 0 Å². The van der Waals surface area contributed by atoms with Gasteiger partial charge in [-0.05, 0) is 6.42 Å². The summed E-state index contributed by atoms with van der Waals surface area (Å²) in [5, 5.41) is 8.33. The van der Waals surface area contributed by atoms with E-state index in [-0.39, 0.29) is 30.0 Å². The Hall–Kier alpha value is -0.860. The molecule has 1 N–H and O–H groups in total. The van der Waals surface area contributed by atoms with Crippen molar-refractivity contribution < 1.29 is 33.6 Å². The number of aliphatic hydroxyl groups excluding tert-OH is 1. The van der Waals surface area contributed by atoms with Crippen LogP contribution in [0.5, 0.6) is 0 Å². The molecule has 0 saturated carbocycles. The molecule has 0 aromatic rings. The molecule has 0 rings (SSSR count). The lowest BCUT2D eigenvalue weighted by molar-refractivity contribution is -0.123. The van der Waals surface area contributed by atoms with Crippen molar-refractivity contribution in [3.05, 3.63) is 0 Å². The highest BCUT2D eigenvalue weighted by Gasteiger charge is 2.06. The SMILES string of the molecule is CC(C)C(=O)CCOCCO.CCCOCCOCCOCCC(=O)C(C)C. The molecule has 0 aromatic heterocycles. The van der Waals surface area contributed by atoms with E-state index < -0.39 is 0 Å². The smallest absolute Gasteiger partial charge is 0.137 e. The third-order valence-electron chi connectivity index (χ3n) is 3.60. The average molecular weight is 407 g/mol. The summed E-state index contributed by atoms with van der Waals surface area (Å²) in [5.74, 6) is 0.653. The fraction of sp³-hybridized carbons (Fsp3) is 0.905. The van der Waals surface area contributed by atoms with E-state index in [4.69, 9.17) is 24.1 Å². The maximum atomic E-state index is 11.3. The molecule has 0 aliphatic heterocycles. The molecular weight excluding hydrogens is 364 g/mol. The van der Waals surface area contributed by atoms with Gasteiger partial charge in [0.25, 0.3) is 0 Å². The van der Waals surface area contributed by atoms with Crippen molar-refractivity contribution in [1.29, 1.82) is 0 Å². The Balaban J connectivity index is 0. The molecule has 0 bridgehead atoms. The minimum atomic E-state index is 0.0237. The van der Waals surface area contributed by atoms with Crippen molar-refractivity contribution in [2.75, 3.05) is 59.5 Å². The van der Waals surface area contributed by atoms with Gasteiger partial charge in [-0.1, -0.05) is 34.6 Å². The first-order chi connectivity index (χ1) is 13.4. The van der Waals surface area contributed by atoms with Gasteiger partial charge >= 0.3 is 0 Å². The molecule has 0 aliphatic carbocycles. The summed E-state index contributed by atoms with van der Waals surface area (Å²) in [5.41, 5.74) is 0. The summed E-state index contributed by atoms with van der Waals surface area (Å²) >= 11 is 0. The van der Waals surface area contributed by atoms with Crippen LogP contribution in [0.25, 0.3) is 0 Å². The quantitative estimate of drug-likeness (QED) is 0.350. The maximum Gasteiger partial charge on any atom is 0.137 e. The molecule has 0 spiro atoms. The van der Waals surface area contributed by atoms with Crippen molar-refractivity contribution in [2.45, 2.75) is 53.9 Å². The van der Waals surface area contributed by atoms with Gasteiger partial charge in [-0.2, -0.15) is 0 Å². The fourth-order valence-electron chi connectivity index (χ4n) is 1.78. The predicted molar refractivity (Wildman–Crippen MR) is 110 cm³/mol. The summed E-state index contributed by atoms with van der Waals surface area (Å²) < 4.78 is 20.8. The molecule has 28 heavy (non-hydrogen) atoms. The number of hydrogen-bond donors (Lipinski definition) is 1. The zero-order chi connectivity index (χ0) is 21.6. The summed E-state index contributed by atoms with van der Waals surface area (Å²) in [6.45, 7) is 14.0. The van der Waals surface area contributed by atoms with Crippen LogP contribution in [0.3, 0.4) is 0 Å². The van der Waals surface area contributed by atoms with Crippen molar-refractivity contribution in [1.82, 2.24) is 0 Å². The Kier molecular flexibility index (Phi) is 23.5. The highest BCUT2D eigenvalue weighted by atomic mass is 16.5. The monoisotopic (exact) mass is 406 g/mol. The molecular formula is C21H42O7. The number of carbonyl (C=O) groups excluding carboxylic acids is 2. The van der Waals surface area contributed by atoms with Gasteiger partial charge in [-0.25, -0.2) is 0 Å². The molecule has 0 aromatic carbocycles. The fourth-order valence-corrected chi connectivity index (χ4v) is 1.78. The lowest BCUT2D eigenvalue weighted by Gasteiger charge is -2.07. The van der Waals surface area contributed by atoms with Crippen LogP contribution in [-0.4, -0.2) is 76.1 Å². The van der Waals surface area contributed by atoms with Crippen LogP contribution in [0.2, 0.25) is 0 Å². The first-order valence-electron chi connectivity index (χ1n) is 10.3. The second kappa shape index (κ2) is 22.4.